The summed E-state index contributed by atoms with van der Waals surface area (Å²) in [6, 6.07) is 19.5. The van der Waals surface area contributed by atoms with E-state index in [2.05, 4.69) is 15.5 Å². The highest BCUT2D eigenvalue weighted by molar-refractivity contribution is 7.99. The molecule has 1 aromatic heterocycles. The highest BCUT2D eigenvalue weighted by atomic mass is 32.2. The number of hydrogen-bond donors (Lipinski definition) is 1. The van der Waals surface area contributed by atoms with Gasteiger partial charge in [0.15, 0.2) is 11.0 Å². The number of hydrogen-bond acceptors (Lipinski definition) is 6. The van der Waals surface area contributed by atoms with Crippen molar-refractivity contribution in [1.29, 1.82) is 0 Å². The molecule has 0 unspecified atom stereocenters. The number of alkyl halides is 3. The number of benzene rings is 3. The maximum atomic E-state index is 13.2. The van der Waals surface area contributed by atoms with Gasteiger partial charge in [0, 0.05) is 23.4 Å². The lowest BCUT2D eigenvalue weighted by atomic mass is 10.1. The van der Waals surface area contributed by atoms with E-state index in [1.807, 2.05) is 6.07 Å². The smallest absolute Gasteiger partial charge is 0.325 e. The van der Waals surface area contributed by atoms with E-state index in [4.69, 9.17) is 0 Å². The third-order valence-electron chi connectivity index (χ3n) is 4.82. The summed E-state index contributed by atoms with van der Waals surface area (Å²) in [4.78, 5) is 22.9. The lowest BCUT2D eigenvalue weighted by Crippen LogP contribution is -2.18. The minimum atomic E-state index is -4.61. The van der Waals surface area contributed by atoms with Crippen molar-refractivity contribution in [2.45, 2.75) is 11.3 Å². The third kappa shape index (κ3) is 5.49. The minimum absolute atomic E-state index is 0.0788. The molecule has 0 fully saturated rings. The zero-order chi connectivity index (χ0) is 25.0. The van der Waals surface area contributed by atoms with Crippen LogP contribution in [-0.2, 0) is 11.0 Å². The fourth-order valence-electron chi connectivity index (χ4n) is 3.25. The van der Waals surface area contributed by atoms with Gasteiger partial charge >= 0.3 is 6.18 Å². The molecule has 1 amide bonds. The Morgan fingerprint density at radius 1 is 0.971 bits per heavy atom. The molecule has 4 aromatic rings. The van der Waals surface area contributed by atoms with Gasteiger partial charge in [-0.25, -0.2) is 0 Å². The molecule has 3 aromatic carbocycles. The maximum absolute atomic E-state index is 13.2. The van der Waals surface area contributed by atoms with Gasteiger partial charge in [-0.3, -0.25) is 19.5 Å². The van der Waals surface area contributed by atoms with Crippen molar-refractivity contribution in [3.05, 3.63) is 94.5 Å². The Balaban J connectivity index is 1.59. The van der Waals surface area contributed by atoms with E-state index in [0.717, 1.165) is 17.8 Å². The zero-order valence-corrected chi connectivity index (χ0v) is 18.6. The summed E-state index contributed by atoms with van der Waals surface area (Å²) < 4.78 is 41.3. The maximum Gasteiger partial charge on any atom is 0.418 e. The fraction of sp³-hybridized carbons (Fsp3) is 0.0870. The van der Waals surface area contributed by atoms with Crippen molar-refractivity contribution in [1.82, 2.24) is 14.8 Å². The lowest BCUT2D eigenvalue weighted by Gasteiger charge is -2.13. The van der Waals surface area contributed by atoms with Gasteiger partial charge in [-0.05, 0) is 36.4 Å². The molecule has 12 heteroatoms. The van der Waals surface area contributed by atoms with Gasteiger partial charge in [0.2, 0.25) is 5.91 Å². The highest BCUT2D eigenvalue weighted by Gasteiger charge is 2.33. The number of carbonyl (C=O) groups excluding carboxylic acids is 1. The number of anilines is 1. The minimum Gasteiger partial charge on any atom is -0.325 e. The lowest BCUT2D eigenvalue weighted by molar-refractivity contribution is -0.384. The molecule has 0 saturated heterocycles. The number of thioether (sulfide) groups is 1. The first kappa shape index (κ1) is 24.0. The van der Waals surface area contributed by atoms with Crippen LogP contribution in [0.3, 0.4) is 0 Å². The molecule has 0 aliphatic heterocycles. The number of amides is 1. The summed E-state index contributed by atoms with van der Waals surface area (Å²) in [7, 11) is 0. The third-order valence-corrected chi connectivity index (χ3v) is 5.75. The second-order valence-corrected chi connectivity index (χ2v) is 8.10. The van der Waals surface area contributed by atoms with Crippen LogP contribution in [0.1, 0.15) is 5.56 Å². The largest absolute Gasteiger partial charge is 0.418 e. The number of aromatic nitrogens is 3. The van der Waals surface area contributed by atoms with Crippen molar-refractivity contribution in [2.75, 3.05) is 11.1 Å². The average molecular weight is 499 g/mol. The van der Waals surface area contributed by atoms with Crippen LogP contribution in [0.5, 0.6) is 0 Å². The number of nitro groups is 1. The molecule has 8 nitrogen and oxygen atoms in total. The van der Waals surface area contributed by atoms with Crippen LogP contribution in [0, 0.1) is 10.1 Å². The normalized spacial score (nSPS) is 11.3. The van der Waals surface area contributed by atoms with Gasteiger partial charge in [-0.1, -0.05) is 42.1 Å². The molecule has 0 saturated carbocycles. The number of rotatable bonds is 7. The van der Waals surface area contributed by atoms with Crippen LogP contribution < -0.4 is 5.32 Å². The number of nitrogens with one attached hydrogen (secondary N) is 1. The molecule has 0 aliphatic carbocycles. The Kier molecular flexibility index (Phi) is 6.82. The SMILES string of the molecule is O=C(CSc1nnc(-c2ccc([N+](=O)[O-])cc2)n1-c1ccccc1)Nc1ccccc1C(F)(F)F. The first-order valence-corrected chi connectivity index (χ1v) is 11.1. The van der Waals surface area contributed by atoms with E-state index in [9.17, 15) is 28.1 Å². The molecule has 0 bridgehead atoms. The fourth-order valence-corrected chi connectivity index (χ4v) is 4.00. The van der Waals surface area contributed by atoms with Crippen molar-refractivity contribution in [2.24, 2.45) is 0 Å². The predicted molar refractivity (Wildman–Crippen MR) is 124 cm³/mol. The van der Waals surface area contributed by atoms with E-state index < -0.39 is 22.6 Å². The summed E-state index contributed by atoms with van der Waals surface area (Å²) in [5.41, 5.74) is -0.114. The number of nitro benzene ring substituents is 1. The first-order chi connectivity index (χ1) is 16.7. The summed E-state index contributed by atoms with van der Waals surface area (Å²) >= 11 is 0.994. The van der Waals surface area contributed by atoms with Crippen molar-refractivity contribution in [3.63, 3.8) is 0 Å². The average Bonchev–Trinajstić information content (AvgIpc) is 3.27. The first-order valence-electron chi connectivity index (χ1n) is 10.1. The molecular weight excluding hydrogens is 483 g/mol. The van der Waals surface area contributed by atoms with E-state index in [-0.39, 0.29) is 17.1 Å². The summed E-state index contributed by atoms with van der Waals surface area (Å²) in [5.74, 6) is -0.486. The summed E-state index contributed by atoms with van der Waals surface area (Å²) in [6.07, 6.45) is -4.61. The molecule has 35 heavy (non-hydrogen) atoms. The molecule has 0 spiro atoms. The van der Waals surface area contributed by atoms with Gasteiger partial charge in [0.25, 0.3) is 5.69 Å². The molecule has 0 radical (unpaired) electrons. The standard InChI is InChI=1S/C23H16F3N5O3S/c24-23(25,26)18-8-4-5-9-19(18)27-20(32)14-35-22-29-28-21(30(22)16-6-2-1-3-7-16)15-10-12-17(13-11-15)31(33)34/h1-13H,14H2,(H,27,32). The Morgan fingerprint density at radius 2 is 1.63 bits per heavy atom. The Hall–Kier alpha value is -4.19. The van der Waals surface area contributed by atoms with E-state index in [0.29, 0.717) is 22.2 Å². The van der Waals surface area contributed by atoms with Crippen LogP contribution >= 0.6 is 11.8 Å². The topological polar surface area (TPSA) is 103 Å². The Morgan fingerprint density at radius 3 is 2.29 bits per heavy atom. The molecule has 1 heterocycles. The quantitative estimate of drug-likeness (QED) is 0.202. The van der Waals surface area contributed by atoms with Crippen LogP contribution in [0.2, 0.25) is 0 Å². The monoisotopic (exact) mass is 499 g/mol. The predicted octanol–water partition coefficient (Wildman–Crippen LogP) is 5.59. The number of halogens is 3. The molecule has 0 aliphatic rings. The molecule has 0 atom stereocenters. The van der Waals surface area contributed by atoms with Crippen LogP contribution in [0.4, 0.5) is 24.5 Å². The van der Waals surface area contributed by atoms with Crippen molar-refractivity contribution < 1.29 is 22.9 Å². The Bertz CT molecular complexity index is 1360. The van der Waals surface area contributed by atoms with Gasteiger partial charge in [-0.15, -0.1) is 10.2 Å². The summed E-state index contributed by atoms with van der Waals surface area (Å²) in [5, 5.41) is 21.9. The van der Waals surface area contributed by atoms with Crippen LogP contribution in [-0.4, -0.2) is 31.3 Å². The van der Waals surface area contributed by atoms with Crippen LogP contribution in [0.25, 0.3) is 17.1 Å². The van der Waals surface area contributed by atoms with E-state index in [1.54, 1.807) is 28.8 Å². The van der Waals surface area contributed by atoms with E-state index >= 15 is 0 Å². The van der Waals surface area contributed by atoms with Crippen molar-refractivity contribution in [3.8, 4) is 17.1 Å². The molecule has 4 rings (SSSR count). The second kappa shape index (κ2) is 9.97. The number of carbonyl (C=O) groups is 1. The number of para-hydroxylation sites is 2. The van der Waals surface area contributed by atoms with Gasteiger partial charge in [0.1, 0.15) is 0 Å². The zero-order valence-electron chi connectivity index (χ0n) is 17.8. The Labute approximate surface area is 201 Å². The van der Waals surface area contributed by atoms with Crippen LogP contribution in [0.15, 0.2) is 84.0 Å². The number of nitrogens with zero attached hydrogens (tertiary/aromatic N) is 4. The van der Waals surface area contributed by atoms with E-state index in [1.165, 1.54) is 42.5 Å². The molecular formula is C23H16F3N5O3S. The molecule has 178 valence electrons. The van der Waals surface area contributed by atoms with Gasteiger partial charge < -0.3 is 5.32 Å². The molecule has 1 N–H and O–H groups in total. The van der Waals surface area contributed by atoms with Gasteiger partial charge in [-0.2, -0.15) is 13.2 Å². The number of non-ortho nitro benzene ring substituents is 1. The summed E-state index contributed by atoms with van der Waals surface area (Å²) in [6.45, 7) is 0. The highest BCUT2D eigenvalue weighted by Crippen LogP contribution is 2.35. The van der Waals surface area contributed by atoms with Crippen molar-refractivity contribution >= 4 is 29.0 Å². The van der Waals surface area contributed by atoms with Gasteiger partial charge in [0.05, 0.1) is 21.9 Å². The second-order valence-electron chi connectivity index (χ2n) is 7.16.